The van der Waals surface area contributed by atoms with Gasteiger partial charge in [0.25, 0.3) is 0 Å². The zero-order valence-electron chi connectivity index (χ0n) is 34.8. The van der Waals surface area contributed by atoms with Crippen LogP contribution < -0.4 is 14.5 Å². The number of halogens is 1. The number of rotatable bonds is 6. The number of hydrogen-bond donors (Lipinski definition) is 0. The van der Waals surface area contributed by atoms with Crippen molar-refractivity contribution in [2.75, 3.05) is 22.9 Å². The molecule has 8 rings (SSSR count). The average Bonchev–Trinajstić information content (AvgIpc) is 3.78. The Balaban J connectivity index is 0.000000150. The fourth-order valence-electron chi connectivity index (χ4n) is 8.49. The molecule has 0 saturated carbocycles. The molecule has 1 heterocycles. The second-order valence-electron chi connectivity index (χ2n) is 15.3. The molecule has 58 heavy (non-hydrogen) atoms. The van der Waals surface area contributed by atoms with Gasteiger partial charge in [-0.25, -0.2) is 0 Å². The fraction of sp³-hybridized carbons (Fsp3) is 0.231. The Kier molecular flexibility index (Phi) is 14.6. The number of aliphatic imine (C=N–C) groups is 1. The summed E-state index contributed by atoms with van der Waals surface area (Å²) in [5.74, 6) is 1.72. The summed E-state index contributed by atoms with van der Waals surface area (Å²) in [7, 11) is 9.56. The summed E-state index contributed by atoms with van der Waals surface area (Å²) in [5.41, 5.74) is 16.5. The second kappa shape index (κ2) is 19.8. The Hall–Kier alpha value is -4.83. The zero-order valence-corrected chi connectivity index (χ0v) is 37.3. The molecule has 0 bridgehead atoms. The van der Waals surface area contributed by atoms with Gasteiger partial charge in [-0.1, -0.05) is 65.7 Å². The van der Waals surface area contributed by atoms with Crippen molar-refractivity contribution in [2.45, 2.75) is 54.6 Å². The molecule has 0 spiro atoms. The maximum absolute atomic E-state index is 6.13. The van der Waals surface area contributed by atoms with Gasteiger partial charge in [-0.2, -0.15) is 7.11 Å². The van der Waals surface area contributed by atoms with E-state index in [1.54, 1.807) is 6.21 Å². The average molecular weight is 875 g/mol. The Bertz CT molecular complexity index is 2260. The van der Waals surface area contributed by atoms with Gasteiger partial charge in [0, 0.05) is 36.2 Å². The van der Waals surface area contributed by atoms with Crippen molar-refractivity contribution in [1.29, 1.82) is 0 Å². The number of nitrogens with zero attached hydrogens (tertiary/aromatic N) is 3. The van der Waals surface area contributed by atoms with E-state index in [2.05, 4.69) is 155 Å². The molecule has 5 aromatic carbocycles. The van der Waals surface area contributed by atoms with Gasteiger partial charge in [0.05, 0.1) is 11.4 Å². The van der Waals surface area contributed by atoms with Crippen molar-refractivity contribution in [3.63, 3.8) is 0 Å². The van der Waals surface area contributed by atoms with E-state index >= 15 is 0 Å². The molecule has 0 radical (unpaired) electrons. The first-order valence-electron chi connectivity index (χ1n) is 19.9. The number of ether oxygens (including phenoxy) is 1. The van der Waals surface area contributed by atoms with Crippen LogP contribution in [0.5, 0.6) is 5.75 Å². The van der Waals surface area contributed by atoms with Gasteiger partial charge in [0.2, 0.25) is 0 Å². The van der Waals surface area contributed by atoms with Crippen LogP contribution in [-0.2, 0) is 15.7 Å². The quantitative estimate of drug-likeness (QED) is 0.0967. The van der Waals surface area contributed by atoms with Crippen LogP contribution in [0.2, 0.25) is 0 Å². The molecule has 1 aliphatic heterocycles. The minimum absolute atomic E-state index is 0.130. The molecule has 3 aliphatic rings. The first-order chi connectivity index (χ1) is 28.0. The van der Waals surface area contributed by atoms with E-state index in [-0.39, 0.29) is 21.9 Å². The molecule has 0 amide bonds. The number of allylic oxidation sites excluding steroid dienone is 6. The van der Waals surface area contributed by atoms with Gasteiger partial charge in [-0.05, 0) is 101 Å². The Labute approximate surface area is 358 Å². The summed E-state index contributed by atoms with van der Waals surface area (Å²) in [6, 6.07) is 35.4. The molecule has 301 valence electrons. The van der Waals surface area contributed by atoms with Crippen LogP contribution in [-0.4, -0.2) is 29.6 Å². The predicted octanol–water partition coefficient (Wildman–Crippen LogP) is 12.8. The third kappa shape index (κ3) is 9.88. The molecule has 1 fully saturated rings. The maximum atomic E-state index is 6.13. The van der Waals surface area contributed by atoms with Crippen molar-refractivity contribution >= 4 is 42.6 Å². The number of anilines is 2. The molecule has 4 nitrogen and oxygen atoms in total. The summed E-state index contributed by atoms with van der Waals surface area (Å²) in [6.45, 7) is 21.8. The molecule has 6 heteroatoms. The van der Waals surface area contributed by atoms with Crippen LogP contribution in [0.15, 0.2) is 139 Å². The van der Waals surface area contributed by atoms with Crippen LogP contribution in [0.1, 0.15) is 50.1 Å². The minimum atomic E-state index is -0.160. The van der Waals surface area contributed by atoms with Crippen molar-refractivity contribution in [3.05, 3.63) is 198 Å². The summed E-state index contributed by atoms with van der Waals surface area (Å²) in [5, 5.41) is 0. The second-order valence-corrected chi connectivity index (χ2v) is 17.4. The van der Waals surface area contributed by atoms with Gasteiger partial charge in [-0.15, -0.1) is 0 Å². The predicted molar refractivity (Wildman–Crippen MR) is 247 cm³/mol. The Morgan fingerprint density at radius 2 is 1.19 bits per heavy atom. The first-order valence-corrected chi connectivity index (χ1v) is 23.0. The molecule has 2 unspecified atom stereocenters. The van der Waals surface area contributed by atoms with E-state index in [4.69, 9.17) is 14.4 Å². The topological polar surface area (TPSA) is 28.1 Å². The SMILES string of the molecule is [CH2-]C1N(c2c(C)cc(C)cc2C)CCN1c1c(C)cc(C)cc1C.[CH2-]Oc1ccccc1C=Nc1ccccc1C.[Cl][Ru]=[C]1C=C(c2ccccc2)C2C=CC=CC12. The Morgan fingerprint density at radius 1 is 0.672 bits per heavy atom. The first kappa shape index (κ1) is 42.8. The van der Waals surface area contributed by atoms with Crippen LogP contribution in [0, 0.1) is 74.3 Å². The van der Waals surface area contributed by atoms with E-state index in [9.17, 15) is 0 Å². The van der Waals surface area contributed by atoms with E-state index in [0.29, 0.717) is 11.8 Å². The van der Waals surface area contributed by atoms with Crippen molar-refractivity contribution < 1.29 is 20.4 Å². The zero-order chi connectivity index (χ0) is 41.3. The summed E-state index contributed by atoms with van der Waals surface area (Å²) in [6.07, 6.45) is 13.1. The molecular weight excluding hydrogens is 819 g/mol. The number of hydrogen-bond acceptors (Lipinski definition) is 4. The van der Waals surface area contributed by atoms with Gasteiger partial charge in [0.1, 0.15) is 0 Å². The Morgan fingerprint density at radius 3 is 1.74 bits per heavy atom. The van der Waals surface area contributed by atoms with Crippen LogP contribution >= 0.6 is 9.69 Å². The third-order valence-electron chi connectivity index (χ3n) is 11.0. The molecular formula is C52H55ClN3ORu-2. The van der Waals surface area contributed by atoms with E-state index < -0.39 is 0 Å². The number of fused-ring (bicyclic) bond motifs is 1. The molecule has 2 atom stereocenters. The van der Waals surface area contributed by atoms with Gasteiger partial charge >= 0.3 is 113 Å². The summed E-state index contributed by atoms with van der Waals surface area (Å²) in [4.78, 5) is 9.37. The number of para-hydroxylation sites is 2. The van der Waals surface area contributed by atoms with Gasteiger partial charge in [0.15, 0.2) is 0 Å². The number of benzene rings is 5. The number of aryl methyl sites for hydroxylation is 7. The van der Waals surface area contributed by atoms with Crippen molar-refractivity contribution in [2.24, 2.45) is 16.8 Å². The van der Waals surface area contributed by atoms with Crippen LogP contribution in [0.3, 0.4) is 0 Å². The third-order valence-corrected chi connectivity index (χ3v) is 13.1. The summed E-state index contributed by atoms with van der Waals surface area (Å²) < 4.78 is 6.44. The van der Waals surface area contributed by atoms with Crippen molar-refractivity contribution in [1.82, 2.24) is 0 Å². The molecule has 5 aromatic rings. The summed E-state index contributed by atoms with van der Waals surface area (Å²) >= 11 is -0.160. The van der Waals surface area contributed by atoms with E-state index in [0.717, 1.165) is 35.7 Å². The van der Waals surface area contributed by atoms with E-state index in [1.165, 1.54) is 60.0 Å². The van der Waals surface area contributed by atoms with E-state index in [1.807, 2.05) is 55.5 Å². The van der Waals surface area contributed by atoms with Gasteiger partial charge < -0.3 is 21.5 Å². The molecule has 0 N–H and O–H groups in total. The molecule has 2 aliphatic carbocycles. The van der Waals surface area contributed by atoms with Crippen LogP contribution in [0.25, 0.3) is 5.57 Å². The van der Waals surface area contributed by atoms with Crippen molar-refractivity contribution in [3.8, 4) is 5.75 Å². The van der Waals surface area contributed by atoms with Crippen LogP contribution in [0.4, 0.5) is 17.1 Å². The normalized spacial score (nSPS) is 18.0. The fourth-order valence-corrected chi connectivity index (χ4v) is 10.3. The molecule has 0 aromatic heterocycles. The van der Waals surface area contributed by atoms with Gasteiger partial charge in [-0.3, -0.25) is 4.99 Å². The standard InChI is InChI=1S/C22H29N2.C15H14NO.C15H12.ClH.Ru/c1-14-10-16(3)21(17(4)11-14)23-8-9-24(20(23)7)22-18(5)12-15(2)13-19(22)6;1-12-7-3-5-9-14(12)16-11-13-8-4-6-10-15(13)17-2;1-2-6-12(7-3-1)15-11-10-13-8-4-5-9-14(13)15;;/h10-13,20H,7-9H2,1-6H3;3-11H,2H2,1H3;1-9,11,13-14H;1H;/q2*-1;;;+1/p-1. The molecule has 1 saturated heterocycles. The monoisotopic (exact) mass is 874 g/mol.